The molecule has 8 nitrogen and oxygen atoms in total. The van der Waals surface area contributed by atoms with E-state index < -0.39 is 10.0 Å². The summed E-state index contributed by atoms with van der Waals surface area (Å²) >= 11 is 0. The number of rotatable bonds is 5. The van der Waals surface area contributed by atoms with Crippen LogP contribution in [0.15, 0.2) is 64.4 Å². The number of sulfonamides is 1. The number of benzene rings is 2. The molecule has 0 spiro atoms. The molecular formula is C20H23N4O4S+. The number of para-hydroxylation sites is 1. The topological polar surface area (TPSA) is 85.9 Å². The van der Waals surface area contributed by atoms with Gasteiger partial charge in [-0.2, -0.15) is 9.40 Å². The molecule has 3 aromatic rings. The first-order valence-electron chi connectivity index (χ1n) is 9.42. The van der Waals surface area contributed by atoms with Crippen LogP contribution in [0, 0.1) is 0 Å². The summed E-state index contributed by atoms with van der Waals surface area (Å²) in [6.07, 6.45) is 1.34. The molecule has 0 amide bonds. The molecule has 1 aliphatic heterocycles. The van der Waals surface area contributed by atoms with E-state index in [4.69, 9.17) is 4.74 Å². The second kappa shape index (κ2) is 7.94. The van der Waals surface area contributed by atoms with Crippen molar-refractivity contribution in [3.63, 3.8) is 0 Å². The fourth-order valence-electron chi connectivity index (χ4n) is 3.60. The molecule has 0 bridgehead atoms. The van der Waals surface area contributed by atoms with E-state index in [9.17, 15) is 13.2 Å². The molecule has 2 aromatic carbocycles. The van der Waals surface area contributed by atoms with Gasteiger partial charge in [0.15, 0.2) is 6.67 Å². The molecule has 1 fully saturated rings. The van der Waals surface area contributed by atoms with Gasteiger partial charge in [-0.3, -0.25) is 4.79 Å². The highest BCUT2D eigenvalue weighted by molar-refractivity contribution is 7.89. The van der Waals surface area contributed by atoms with Crippen LogP contribution >= 0.6 is 0 Å². The minimum Gasteiger partial charge on any atom is -0.497 e. The van der Waals surface area contributed by atoms with Crippen LogP contribution in [-0.4, -0.2) is 55.8 Å². The maximum atomic E-state index is 12.9. The first-order chi connectivity index (χ1) is 14.0. The number of fused-ring (bicyclic) bond motifs is 1. The second-order valence-electron chi connectivity index (χ2n) is 7.01. The van der Waals surface area contributed by atoms with E-state index in [2.05, 4.69) is 5.10 Å². The monoisotopic (exact) mass is 415 g/mol. The molecule has 1 N–H and O–H groups in total. The lowest BCUT2D eigenvalue weighted by atomic mass is 10.2. The highest BCUT2D eigenvalue weighted by Crippen LogP contribution is 2.19. The summed E-state index contributed by atoms with van der Waals surface area (Å²) in [4.78, 5) is 13.5. The standard InChI is InChI=1S/C20H22N4O4S/c1-28-16-6-8-17(9-7-16)29(26,27)23-12-10-22(11-13-23)15-24-19-5-3-2-4-18(19)20(25)14-21-24/h2-9,14H,10-13,15H2,1H3/p+1. The highest BCUT2D eigenvalue weighted by atomic mass is 32.2. The Balaban J connectivity index is 1.46. The molecule has 1 saturated heterocycles. The SMILES string of the molecule is COc1ccc(S(=O)(=O)N2CC[NH+](Cn3ncc(=O)c4ccccc43)CC2)cc1. The van der Waals surface area contributed by atoms with Gasteiger partial charge in [0.25, 0.3) is 0 Å². The van der Waals surface area contributed by atoms with Crippen LogP contribution in [0.1, 0.15) is 0 Å². The highest BCUT2D eigenvalue weighted by Gasteiger charge is 2.30. The van der Waals surface area contributed by atoms with Crippen LogP contribution in [0.3, 0.4) is 0 Å². The van der Waals surface area contributed by atoms with E-state index in [1.807, 2.05) is 22.9 Å². The predicted octanol–water partition coefficient (Wildman–Crippen LogP) is -0.0480. The zero-order chi connectivity index (χ0) is 20.4. The number of ether oxygens (including phenoxy) is 1. The van der Waals surface area contributed by atoms with Gasteiger partial charge in [0.2, 0.25) is 15.5 Å². The van der Waals surface area contributed by atoms with E-state index >= 15 is 0 Å². The predicted molar refractivity (Wildman–Crippen MR) is 108 cm³/mol. The quantitative estimate of drug-likeness (QED) is 0.632. The summed E-state index contributed by atoms with van der Waals surface area (Å²) in [5.41, 5.74) is 0.697. The van der Waals surface area contributed by atoms with Gasteiger partial charge < -0.3 is 9.64 Å². The Morgan fingerprint density at radius 1 is 1.07 bits per heavy atom. The van der Waals surface area contributed by atoms with Gasteiger partial charge in [-0.05, 0) is 36.4 Å². The molecule has 0 radical (unpaired) electrons. The first-order valence-corrected chi connectivity index (χ1v) is 10.9. The number of quaternary nitrogens is 1. The van der Waals surface area contributed by atoms with Crippen molar-refractivity contribution in [3.8, 4) is 5.75 Å². The summed E-state index contributed by atoms with van der Waals surface area (Å²) in [6, 6.07) is 13.9. The lowest BCUT2D eigenvalue weighted by molar-refractivity contribution is -0.926. The average molecular weight is 415 g/mol. The Morgan fingerprint density at radius 2 is 1.76 bits per heavy atom. The van der Waals surface area contributed by atoms with Crippen LogP contribution in [0.25, 0.3) is 10.9 Å². The largest absolute Gasteiger partial charge is 0.497 e. The van der Waals surface area contributed by atoms with Gasteiger partial charge in [0.05, 0.1) is 49.9 Å². The van der Waals surface area contributed by atoms with Gasteiger partial charge in [-0.15, -0.1) is 0 Å². The molecule has 0 atom stereocenters. The maximum Gasteiger partial charge on any atom is 0.243 e. The minimum atomic E-state index is -3.52. The number of methoxy groups -OCH3 is 1. The number of nitrogens with one attached hydrogen (secondary N) is 1. The molecule has 0 aliphatic carbocycles. The Kier molecular flexibility index (Phi) is 5.35. The molecule has 0 unspecified atom stereocenters. The van der Waals surface area contributed by atoms with Crippen molar-refractivity contribution in [2.24, 2.45) is 0 Å². The fraction of sp³-hybridized carbons (Fsp3) is 0.300. The van der Waals surface area contributed by atoms with Gasteiger partial charge in [0.1, 0.15) is 5.75 Å². The second-order valence-corrected chi connectivity index (χ2v) is 8.95. The third-order valence-corrected chi connectivity index (χ3v) is 7.17. The van der Waals surface area contributed by atoms with Crippen molar-refractivity contribution in [2.75, 3.05) is 33.3 Å². The first kappa shape index (κ1) is 19.6. The Labute approximate surface area is 169 Å². The molecule has 1 aromatic heterocycles. The van der Waals surface area contributed by atoms with Crippen molar-refractivity contribution in [1.29, 1.82) is 0 Å². The van der Waals surface area contributed by atoms with Crippen LogP contribution in [-0.2, 0) is 16.7 Å². The normalized spacial score (nSPS) is 16.2. The molecule has 4 rings (SSSR count). The van der Waals surface area contributed by atoms with Crippen molar-refractivity contribution in [1.82, 2.24) is 14.1 Å². The number of hydrogen-bond acceptors (Lipinski definition) is 5. The van der Waals surface area contributed by atoms with Crippen molar-refractivity contribution < 1.29 is 18.1 Å². The van der Waals surface area contributed by atoms with Crippen LogP contribution in [0.4, 0.5) is 0 Å². The smallest absolute Gasteiger partial charge is 0.243 e. The third kappa shape index (κ3) is 3.89. The number of hydrogen-bond donors (Lipinski definition) is 1. The maximum absolute atomic E-state index is 12.9. The number of piperazine rings is 1. The van der Waals surface area contributed by atoms with Gasteiger partial charge >= 0.3 is 0 Å². The number of nitrogens with zero attached hydrogens (tertiary/aromatic N) is 3. The molecule has 0 saturated carbocycles. The Hall–Kier alpha value is -2.75. The molecule has 9 heteroatoms. The summed E-state index contributed by atoms with van der Waals surface area (Å²) < 4.78 is 34.2. The van der Waals surface area contributed by atoms with E-state index in [0.717, 1.165) is 5.52 Å². The van der Waals surface area contributed by atoms with Crippen molar-refractivity contribution in [2.45, 2.75) is 11.6 Å². The Bertz CT molecular complexity index is 1170. The van der Waals surface area contributed by atoms with Crippen molar-refractivity contribution in [3.05, 3.63) is 65.0 Å². The van der Waals surface area contributed by atoms with Gasteiger partial charge in [0, 0.05) is 5.39 Å². The van der Waals surface area contributed by atoms with Crippen LogP contribution in [0.5, 0.6) is 5.75 Å². The summed E-state index contributed by atoms with van der Waals surface area (Å²) in [5.74, 6) is 0.624. The minimum absolute atomic E-state index is 0.0951. The van der Waals surface area contributed by atoms with Crippen LogP contribution < -0.4 is 15.1 Å². The summed E-state index contributed by atoms with van der Waals surface area (Å²) in [5, 5.41) is 4.91. The lowest BCUT2D eigenvalue weighted by Crippen LogP contribution is -3.14. The van der Waals surface area contributed by atoms with Crippen molar-refractivity contribution >= 4 is 20.9 Å². The molecule has 29 heavy (non-hydrogen) atoms. The van der Waals surface area contributed by atoms with E-state index in [1.54, 1.807) is 37.4 Å². The molecule has 2 heterocycles. The summed E-state index contributed by atoms with van der Waals surface area (Å²) in [6.45, 7) is 2.77. The van der Waals surface area contributed by atoms with Crippen LogP contribution in [0.2, 0.25) is 0 Å². The molecule has 152 valence electrons. The molecular weight excluding hydrogens is 392 g/mol. The number of aromatic nitrogens is 2. The van der Waals surface area contributed by atoms with E-state index in [-0.39, 0.29) is 10.3 Å². The van der Waals surface area contributed by atoms with E-state index in [1.165, 1.54) is 15.4 Å². The zero-order valence-corrected chi connectivity index (χ0v) is 16.9. The zero-order valence-electron chi connectivity index (χ0n) is 16.1. The Morgan fingerprint density at radius 3 is 2.45 bits per heavy atom. The summed E-state index contributed by atoms with van der Waals surface area (Å²) in [7, 11) is -1.98. The lowest BCUT2D eigenvalue weighted by Gasteiger charge is -2.31. The van der Waals surface area contributed by atoms with Gasteiger partial charge in [-0.1, -0.05) is 12.1 Å². The third-order valence-electron chi connectivity index (χ3n) is 5.26. The van der Waals surface area contributed by atoms with E-state index in [0.29, 0.717) is 44.0 Å². The van der Waals surface area contributed by atoms with Gasteiger partial charge in [-0.25, -0.2) is 13.1 Å². The average Bonchev–Trinajstić information content (AvgIpc) is 2.76. The fourth-order valence-corrected chi connectivity index (χ4v) is 5.04. The molecule has 1 aliphatic rings.